The number of amides is 1. The van der Waals surface area contributed by atoms with E-state index < -0.39 is 10.0 Å². The molecule has 1 saturated heterocycles. The van der Waals surface area contributed by atoms with Crippen LogP contribution < -0.4 is 5.32 Å². The summed E-state index contributed by atoms with van der Waals surface area (Å²) in [6.45, 7) is 2.83. The van der Waals surface area contributed by atoms with Crippen LogP contribution >= 0.6 is 11.3 Å². The molecule has 2 aromatic rings. The fourth-order valence-corrected chi connectivity index (χ4v) is 5.97. The summed E-state index contributed by atoms with van der Waals surface area (Å²) in [5, 5.41) is 2.74. The Labute approximate surface area is 156 Å². The van der Waals surface area contributed by atoms with Crippen molar-refractivity contribution in [3.05, 3.63) is 46.6 Å². The standard InChI is InChI=1S/C18H21FN2O3S2/c1-13-11-14(19)5-7-16(13)20-17(22)12-15-6-8-18(25-15)26(23,24)21-9-3-2-4-10-21/h5-8,11H,2-4,9-10,12H2,1H3,(H,20,22). The zero-order chi connectivity index (χ0) is 18.7. The van der Waals surface area contributed by atoms with Gasteiger partial charge >= 0.3 is 0 Å². The molecule has 3 rings (SSSR count). The van der Waals surface area contributed by atoms with Gasteiger partial charge in [0.1, 0.15) is 10.0 Å². The maximum atomic E-state index is 13.1. The van der Waals surface area contributed by atoms with Crippen LogP contribution in [0.2, 0.25) is 0 Å². The Hall–Kier alpha value is -1.77. The quantitative estimate of drug-likeness (QED) is 0.840. The fraction of sp³-hybridized carbons (Fsp3) is 0.389. The van der Waals surface area contributed by atoms with Gasteiger partial charge < -0.3 is 5.32 Å². The number of nitrogens with one attached hydrogen (secondary N) is 1. The topological polar surface area (TPSA) is 66.5 Å². The molecule has 26 heavy (non-hydrogen) atoms. The molecule has 0 unspecified atom stereocenters. The zero-order valence-corrected chi connectivity index (χ0v) is 16.1. The molecule has 0 aliphatic carbocycles. The molecule has 1 aromatic carbocycles. The average molecular weight is 397 g/mol. The third-order valence-corrected chi connectivity index (χ3v) is 7.79. The SMILES string of the molecule is Cc1cc(F)ccc1NC(=O)Cc1ccc(S(=O)(=O)N2CCCCC2)s1. The molecule has 1 aliphatic rings. The van der Waals surface area contributed by atoms with Gasteiger partial charge in [-0.05, 0) is 55.7 Å². The summed E-state index contributed by atoms with van der Waals surface area (Å²) in [5.74, 6) is -0.616. The average Bonchev–Trinajstić information content (AvgIpc) is 3.07. The predicted octanol–water partition coefficient (Wildman–Crippen LogP) is 3.55. The van der Waals surface area contributed by atoms with Crippen LogP contribution in [0.3, 0.4) is 0 Å². The van der Waals surface area contributed by atoms with Crippen molar-refractivity contribution in [1.82, 2.24) is 4.31 Å². The van der Waals surface area contributed by atoms with Gasteiger partial charge in [-0.25, -0.2) is 12.8 Å². The summed E-state index contributed by atoms with van der Waals surface area (Å²) in [5.41, 5.74) is 1.19. The minimum absolute atomic E-state index is 0.0804. The number of carbonyl (C=O) groups is 1. The summed E-state index contributed by atoms with van der Waals surface area (Å²) >= 11 is 1.13. The summed E-state index contributed by atoms with van der Waals surface area (Å²) in [6, 6.07) is 7.41. The number of hydrogen-bond acceptors (Lipinski definition) is 4. The van der Waals surface area contributed by atoms with Gasteiger partial charge in [0.25, 0.3) is 10.0 Å². The van der Waals surface area contributed by atoms with Crippen molar-refractivity contribution in [2.75, 3.05) is 18.4 Å². The number of benzene rings is 1. The molecule has 0 atom stereocenters. The highest BCUT2D eigenvalue weighted by molar-refractivity contribution is 7.91. The van der Waals surface area contributed by atoms with Crippen LogP contribution in [0.1, 0.15) is 29.7 Å². The van der Waals surface area contributed by atoms with Gasteiger partial charge in [-0.2, -0.15) is 4.31 Å². The molecule has 1 aromatic heterocycles. The molecule has 0 spiro atoms. The Morgan fingerprint density at radius 1 is 1.19 bits per heavy atom. The lowest BCUT2D eigenvalue weighted by molar-refractivity contribution is -0.115. The zero-order valence-electron chi connectivity index (χ0n) is 14.5. The fourth-order valence-electron chi connectivity index (χ4n) is 2.94. The normalized spacial score (nSPS) is 15.8. The summed E-state index contributed by atoms with van der Waals surface area (Å²) in [4.78, 5) is 12.9. The van der Waals surface area contributed by atoms with E-state index in [1.807, 2.05) is 0 Å². The monoisotopic (exact) mass is 396 g/mol. The van der Waals surface area contributed by atoms with Crippen molar-refractivity contribution in [3.63, 3.8) is 0 Å². The van der Waals surface area contributed by atoms with Crippen LogP contribution in [-0.2, 0) is 21.2 Å². The molecule has 1 fully saturated rings. The minimum Gasteiger partial charge on any atom is -0.326 e. The molecule has 0 radical (unpaired) electrons. The van der Waals surface area contributed by atoms with Gasteiger partial charge in [-0.1, -0.05) is 6.42 Å². The smallest absolute Gasteiger partial charge is 0.252 e. The number of halogens is 1. The Balaban J connectivity index is 1.67. The van der Waals surface area contributed by atoms with E-state index in [1.54, 1.807) is 19.1 Å². The van der Waals surface area contributed by atoms with Crippen molar-refractivity contribution in [2.24, 2.45) is 0 Å². The second kappa shape index (κ2) is 7.85. The number of hydrogen-bond donors (Lipinski definition) is 1. The van der Waals surface area contributed by atoms with Gasteiger partial charge in [0.2, 0.25) is 5.91 Å². The van der Waals surface area contributed by atoms with E-state index in [4.69, 9.17) is 0 Å². The largest absolute Gasteiger partial charge is 0.326 e. The van der Waals surface area contributed by atoms with E-state index in [-0.39, 0.29) is 22.4 Å². The molecule has 140 valence electrons. The Bertz CT molecular complexity index is 903. The molecule has 0 bridgehead atoms. The maximum absolute atomic E-state index is 13.1. The van der Waals surface area contributed by atoms with E-state index in [9.17, 15) is 17.6 Å². The number of sulfonamides is 1. The lowest BCUT2D eigenvalue weighted by Crippen LogP contribution is -2.35. The molecule has 2 heterocycles. The first kappa shape index (κ1) is 19.0. The highest BCUT2D eigenvalue weighted by Gasteiger charge is 2.27. The first-order valence-electron chi connectivity index (χ1n) is 8.51. The molecule has 0 saturated carbocycles. The molecular weight excluding hydrogens is 375 g/mol. The Morgan fingerprint density at radius 2 is 1.92 bits per heavy atom. The lowest BCUT2D eigenvalue weighted by Gasteiger charge is -2.25. The first-order chi connectivity index (χ1) is 12.4. The molecule has 5 nitrogen and oxygen atoms in total. The van der Waals surface area contributed by atoms with Crippen molar-refractivity contribution in [3.8, 4) is 0 Å². The van der Waals surface area contributed by atoms with Crippen LogP contribution in [0.4, 0.5) is 10.1 Å². The van der Waals surface area contributed by atoms with Crippen LogP contribution in [0.25, 0.3) is 0 Å². The van der Waals surface area contributed by atoms with Crippen LogP contribution in [0.5, 0.6) is 0 Å². The predicted molar refractivity (Wildman–Crippen MR) is 100 cm³/mol. The van der Waals surface area contributed by atoms with Crippen LogP contribution in [-0.4, -0.2) is 31.7 Å². The summed E-state index contributed by atoms with van der Waals surface area (Å²) in [6.07, 6.45) is 2.91. The van der Waals surface area contributed by atoms with Gasteiger partial charge in [0, 0.05) is 23.7 Å². The van der Waals surface area contributed by atoms with E-state index in [0.29, 0.717) is 29.2 Å². The van der Waals surface area contributed by atoms with Crippen molar-refractivity contribution in [2.45, 2.75) is 36.8 Å². The number of aryl methyl sites for hydroxylation is 1. The van der Waals surface area contributed by atoms with Gasteiger partial charge in [-0.3, -0.25) is 4.79 Å². The van der Waals surface area contributed by atoms with Crippen molar-refractivity contribution < 1.29 is 17.6 Å². The second-order valence-electron chi connectivity index (χ2n) is 6.37. The Morgan fingerprint density at radius 3 is 2.62 bits per heavy atom. The number of anilines is 1. The molecule has 1 aliphatic heterocycles. The van der Waals surface area contributed by atoms with E-state index in [0.717, 1.165) is 30.6 Å². The third kappa shape index (κ3) is 4.31. The number of piperidine rings is 1. The lowest BCUT2D eigenvalue weighted by atomic mass is 10.2. The van der Waals surface area contributed by atoms with E-state index in [1.165, 1.54) is 22.5 Å². The number of carbonyl (C=O) groups excluding carboxylic acids is 1. The third-order valence-electron chi connectivity index (χ3n) is 4.34. The van der Waals surface area contributed by atoms with Crippen LogP contribution in [0.15, 0.2) is 34.5 Å². The number of thiophene rings is 1. The highest BCUT2D eigenvalue weighted by atomic mass is 32.2. The van der Waals surface area contributed by atoms with Gasteiger partial charge in [0.05, 0.1) is 6.42 Å². The number of rotatable bonds is 5. The van der Waals surface area contributed by atoms with Crippen molar-refractivity contribution >= 4 is 33.0 Å². The maximum Gasteiger partial charge on any atom is 0.252 e. The van der Waals surface area contributed by atoms with E-state index >= 15 is 0 Å². The van der Waals surface area contributed by atoms with Gasteiger partial charge in [-0.15, -0.1) is 11.3 Å². The molecule has 1 amide bonds. The summed E-state index contributed by atoms with van der Waals surface area (Å²) in [7, 11) is -3.47. The molecule has 8 heteroatoms. The highest BCUT2D eigenvalue weighted by Crippen LogP contribution is 2.27. The summed E-state index contributed by atoms with van der Waals surface area (Å²) < 4.78 is 40.2. The van der Waals surface area contributed by atoms with Crippen LogP contribution in [0, 0.1) is 12.7 Å². The minimum atomic E-state index is -3.47. The second-order valence-corrected chi connectivity index (χ2v) is 9.70. The Kier molecular flexibility index (Phi) is 5.74. The first-order valence-corrected chi connectivity index (χ1v) is 10.8. The number of nitrogens with zero attached hydrogens (tertiary/aromatic N) is 1. The van der Waals surface area contributed by atoms with E-state index in [2.05, 4.69) is 5.32 Å². The molecule has 1 N–H and O–H groups in total. The molecular formula is C18H21FN2O3S2. The van der Waals surface area contributed by atoms with Crippen molar-refractivity contribution in [1.29, 1.82) is 0 Å². The van der Waals surface area contributed by atoms with Gasteiger partial charge in [0.15, 0.2) is 0 Å².